The van der Waals surface area contributed by atoms with Gasteiger partial charge in [-0.05, 0) is 37.6 Å². The molecule has 138 valence electrons. The van der Waals surface area contributed by atoms with E-state index in [2.05, 4.69) is 9.88 Å². The van der Waals surface area contributed by atoms with E-state index >= 15 is 0 Å². The number of likely N-dealkylation sites (tertiary alicyclic amines) is 1. The second-order valence-electron chi connectivity index (χ2n) is 6.64. The fourth-order valence-electron chi connectivity index (χ4n) is 3.35. The molecule has 1 fully saturated rings. The topological polar surface area (TPSA) is 110 Å². The zero-order valence-corrected chi connectivity index (χ0v) is 14.6. The van der Waals surface area contributed by atoms with Crippen molar-refractivity contribution in [3.63, 3.8) is 0 Å². The van der Waals surface area contributed by atoms with Gasteiger partial charge >= 0.3 is 0 Å². The average molecular weight is 357 g/mol. The van der Waals surface area contributed by atoms with Crippen molar-refractivity contribution in [3.05, 3.63) is 57.9 Å². The molecular weight excluding hydrogens is 334 g/mol. The van der Waals surface area contributed by atoms with Gasteiger partial charge in [0.15, 0.2) is 5.76 Å². The van der Waals surface area contributed by atoms with E-state index in [0.717, 1.165) is 25.9 Å². The van der Waals surface area contributed by atoms with Crippen LogP contribution >= 0.6 is 0 Å². The van der Waals surface area contributed by atoms with E-state index in [0.29, 0.717) is 17.9 Å². The maximum absolute atomic E-state index is 12.3. The summed E-state index contributed by atoms with van der Waals surface area (Å²) in [6, 6.07) is 4.80. The summed E-state index contributed by atoms with van der Waals surface area (Å²) in [5, 5.41) is 10.3. The van der Waals surface area contributed by atoms with E-state index in [1.807, 2.05) is 0 Å². The van der Waals surface area contributed by atoms with Crippen molar-refractivity contribution in [1.29, 1.82) is 0 Å². The molecule has 3 heterocycles. The third kappa shape index (κ3) is 4.29. The fraction of sp³-hybridized carbons (Fsp3) is 0.421. The first-order valence-electron chi connectivity index (χ1n) is 8.81. The van der Waals surface area contributed by atoms with E-state index in [9.17, 15) is 14.7 Å². The standard InChI is InChI=1S/C19H23N3O4/c20-17(24)10-15(13-5-4-6-21-11-13)19-18(25)16(23)9-14(26-19)12-22-7-2-1-3-8-22/h4-6,9,11,15,25H,1-3,7-8,10,12H2,(H2,20,24)/t15-/m0/s1. The zero-order valence-electron chi connectivity index (χ0n) is 14.6. The van der Waals surface area contributed by atoms with Gasteiger partial charge in [-0.25, -0.2) is 0 Å². The van der Waals surface area contributed by atoms with Gasteiger partial charge in [0.1, 0.15) is 5.76 Å². The largest absolute Gasteiger partial charge is 0.502 e. The van der Waals surface area contributed by atoms with Crippen LogP contribution < -0.4 is 11.2 Å². The van der Waals surface area contributed by atoms with Crippen molar-refractivity contribution in [2.24, 2.45) is 5.73 Å². The van der Waals surface area contributed by atoms with Crippen LogP contribution in [0.2, 0.25) is 0 Å². The summed E-state index contributed by atoms with van der Waals surface area (Å²) >= 11 is 0. The second-order valence-corrected chi connectivity index (χ2v) is 6.64. The van der Waals surface area contributed by atoms with Crippen molar-refractivity contribution < 1.29 is 14.3 Å². The second kappa shape index (κ2) is 8.14. The van der Waals surface area contributed by atoms with E-state index in [1.54, 1.807) is 24.5 Å². The van der Waals surface area contributed by atoms with Crippen LogP contribution in [-0.4, -0.2) is 34.0 Å². The summed E-state index contributed by atoms with van der Waals surface area (Å²) in [5.74, 6) is -1.15. The Morgan fingerprint density at radius 1 is 1.35 bits per heavy atom. The van der Waals surface area contributed by atoms with Gasteiger partial charge in [-0.1, -0.05) is 12.5 Å². The Labute approximate surface area is 151 Å². The molecule has 1 atom stereocenters. The minimum Gasteiger partial charge on any atom is -0.502 e. The molecule has 26 heavy (non-hydrogen) atoms. The average Bonchev–Trinajstić information content (AvgIpc) is 2.64. The lowest BCUT2D eigenvalue weighted by Gasteiger charge is -2.26. The molecule has 0 spiro atoms. The first-order chi connectivity index (χ1) is 12.5. The molecular formula is C19H23N3O4. The predicted molar refractivity (Wildman–Crippen MR) is 95.7 cm³/mol. The number of piperidine rings is 1. The monoisotopic (exact) mass is 357 g/mol. The Hall–Kier alpha value is -2.67. The molecule has 2 aromatic heterocycles. The van der Waals surface area contributed by atoms with Crippen molar-refractivity contribution in [2.45, 2.75) is 38.1 Å². The molecule has 0 aliphatic carbocycles. The number of pyridine rings is 1. The number of amides is 1. The number of hydrogen-bond donors (Lipinski definition) is 2. The lowest BCUT2D eigenvalue weighted by Crippen LogP contribution is -2.29. The Morgan fingerprint density at radius 3 is 2.77 bits per heavy atom. The molecule has 7 heteroatoms. The maximum atomic E-state index is 12.3. The van der Waals surface area contributed by atoms with Gasteiger partial charge in [-0.2, -0.15) is 0 Å². The van der Waals surface area contributed by atoms with Gasteiger partial charge in [0.2, 0.25) is 17.1 Å². The fourth-order valence-corrected chi connectivity index (χ4v) is 3.35. The number of hydrogen-bond acceptors (Lipinski definition) is 6. The minimum absolute atomic E-state index is 0.0660. The smallest absolute Gasteiger partial charge is 0.227 e. The van der Waals surface area contributed by atoms with E-state index < -0.39 is 23.0 Å². The van der Waals surface area contributed by atoms with Gasteiger partial charge in [-0.3, -0.25) is 19.5 Å². The van der Waals surface area contributed by atoms with Crippen LogP contribution in [0.1, 0.15) is 48.7 Å². The highest BCUT2D eigenvalue weighted by atomic mass is 16.4. The summed E-state index contributed by atoms with van der Waals surface area (Å²) in [7, 11) is 0. The summed E-state index contributed by atoms with van der Waals surface area (Å²) < 4.78 is 5.88. The Kier molecular flexibility index (Phi) is 5.68. The lowest BCUT2D eigenvalue weighted by atomic mass is 9.93. The summed E-state index contributed by atoms with van der Waals surface area (Å²) in [6.07, 6.45) is 6.54. The first-order valence-corrected chi connectivity index (χ1v) is 8.81. The highest BCUT2D eigenvalue weighted by molar-refractivity contribution is 5.75. The molecule has 3 N–H and O–H groups in total. The van der Waals surface area contributed by atoms with Crippen LogP contribution in [0.4, 0.5) is 0 Å². The zero-order chi connectivity index (χ0) is 18.5. The summed E-state index contributed by atoms with van der Waals surface area (Å²) in [6.45, 7) is 2.40. The number of primary amides is 1. The molecule has 0 unspecified atom stereocenters. The quantitative estimate of drug-likeness (QED) is 0.815. The van der Waals surface area contributed by atoms with Crippen molar-refractivity contribution in [2.75, 3.05) is 13.1 Å². The van der Waals surface area contributed by atoms with Crippen LogP contribution in [0.5, 0.6) is 5.75 Å². The molecule has 1 amide bonds. The van der Waals surface area contributed by atoms with Crippen molar-refractivity contribution >= 4 is 5.91 Å². The number of nitrogens with two attached hydrogens (primary N) is 1. The summed E-state index contributed by atoms with van der Waals surface area (Å²) in [4.78, 5) is 30.1. The molecule has 1 aliphatic rings. The first kappa shape index (κ1) is 18.1. The predicted octanol–water partition coefficient (Wildman–Crippen LogP) is 1.73. The van der Waals surface area contributed by atoms with Gasteiger partial charge in [0, 0.05) is 24.9 Å². The highest BCUT2D eigenvalue weighted by Gasteiger charge is 2.26. The van der Waals surface area contributed by atoms with Gasteiger partial charge in [0.25, 0.3) is 0 Å². The number of rotatable bonds is 6. The molecule has 7 nitrogen and oxygen atoms in total. The molecule has 0 bridgehead atoms. The third-order valence-electron chi connectivity index (χ3n) is 4.64. The van der Waals surface area contributed by atoms with Gasteiger partial charge in [-0.15, -0.1) is 0 Å². The Morgan fingerprint density at radius 2 is 2.12 bits per heavy atom. The normalized spacial score (nSPS) is 16.3. The van der Waals surface area contributed by atoms with Crippen LogP contribution in [0.3, 0.4) is 0 Å². The molecule has 0 aromatic carbocycles. The van der Waals surface area contributed by atoms with Crippen LogP contribution in [0.25, 0.3) is 0 Å². The van der Waals surface area contributed by atoms with Crippen molar-refractivity contribution in [3.8, 4) is 5.75 Å². The lowest BCUT2D eigenvalue weighted by molar-refractivity contribution is -0.118. The number of carbonyl (C=O) groups excluding carboxylic acids is 1. The number of aromatic nitrogens is 1. The molecule has 0 radical (unpaired) electrons. The molecule has 0 saturated carbocycles. The number of aromatic hydroxyl groups is 1. The van der Waals surface area contributed by atoms with Gasteiger partial charge < -0.3 is 15.3 Å². The van der Waals surface area contributed by atoms with Crippen LogP contribution in [0.15, 0.2) is 39.8 Å². The van der Waals surface area contributed by atoms with E-state index in [1.165, 1.54) is 12.5 Å². The molecule has 3 rings (SSSR count). The summed E-state index contributed by atoms with van der Waals surface area (Å²) in [5.41, 5.74) is 5.51. The number of nitrogens with zero attached hydrogens (tertiary/aromatic N) is 2. The number of carbonyl (C=O) groups is 1. The van der Waals surface area contributed by atoms with E-state index in [4.69, 9.17) is 10.2 Å². The molecule has 2 aromatic rings. The van der Waals surface area contributed by atoms with Crippen molar-refractivity contribution in [1.82, 2.24) is 9.88 Å². The minimum atomic E-state index is -0.657. The Balaban J connectivity index is 1.97. The van der Waals surface area contributed by atoms with E-state index in [-0.39, 0.29) is 12.2 Å². The van der Waals surface area contributed by atoms with Crippen LogP contribution in [-0.2, 0) is 11.3 Å². The Bertz CT molecular complexity index is 813. The maximum Gasteiger partial charge on any atom is 0.227 e. The highest BCUT2D eigenvalue weighted by Crippen LogP contribution is 2.32. The van der Waals surface area contributed by atoms with Gasteiger partial charge in [0.05, 0.1) is 12.5 Å². The third-order valence-corrected chi connectivity index (χ3v) is 4.64. The SMILES string of the molecule is NC(=O)C[C@@H](c1cccnc1)c1oc(CN2CCCCC2)cc(=O)c1O. The van der Waals surface area contributed by atoms with Crippen LogP contribution in [0, 0.1) is 0 Å². The molecule has 1 saturated heterocycles. The molecule has 1 aliphatic heterocycles.